The summed E-state index contributed by atoms with van der Waals surface area (Å²) in [5.74, 6) is 0.278. The summed E-state index contributed by atoms with van der Waals surface area (Å²) in [6.07, 6.45) is 0. The van der Waals surface area contributed by atoms with E-state index in [-0.39, 0.29) is 17.6 Å². The highest BCUT2D eigenvalue weighted by atomic mass is 19.1. The highest BCUT2D eigenvalue weighted by Gasteiger charge is 2.29. The van der Waals surface area contributed by atoms with Crippen molar-refractivity contribution in [3.05, 3.63) is 54.3 Å². The van der Waals surface area contributed by atoms with Crippen LogP contribution in [0.4, 0.5) is 15.8 Å². The number of benzene rings is 2. The summed E-state index contributed by atoms with van der Waals surface area (Å²) in [5, 5.41) is 2.70. The van der Waals surface area contributed by atoms with Crippen LogP contribution in [0.15, 0.2) is 48.5 Å². The van der Waals surface area contributed by atoms with E-state index in [1.54, 1.807) is 25.3 Å². The standard InChI is InChI=1S/C20H24FN3O2/c1-15(20(25)22-19-9-4-3-8-18(19)21)23-10-12-24(13-11-23)16-6-5-7-17(14-16)26-2/h3-9,14-15H,10-13H2,1-2H3,(H,22,25)/p+1/t15-/m1/s1. The second-order valence-electron chi connectivity index (χ2n) is 6.54. The topological polar surface area (TPSA) is 46.0 Å². The fourth-order valence-corrected chi connectivity index (χ4v) is 3.28. The normalized spacial score (nSPS) is 16.2. The van der Waals surface area contributed by atoms with Gasteiger partial charge in [0.15, 0.2) is 6.04 Å². The Morgan fingerprint density at radius 2 is 1.92 bits per heavy atom. The maximum absolute atomic E-state index is 13.7. The molecule has 0 radical (unpaired) electrons. The van der Waals surface area contributed by atoms with Gasteiger partial charge >= 0.3 is 0 Å². The molecule has 1 amide bonds. The van der Waals surface area contributed by atoms with Gasteiger partial charge in [-0.25, -0.2) is 4.39 Å². The van der Waals surface area contributed by atoms with Gasteiger partial charge in [0.2, 0.25) is 0 Å². The van der Waals surface area contributed by atoms with Crippen molar-refractivity contribution in [1.82, 2.24) is 0 Å². The number of nitrogens with one attached hydrogen (secondary N) is 2. The number of carbonyl (C=O) groups is 1. The number of quaternary nitrogens is 1. The molecule has 0 saturated carbocycles. The lowest BCUT2D eigenvalue weighted by atomic mass is 10.2. The molecule has 5 nitrogen and oxygen atoms in total. The molecule has 1 atom stereocenters. The first kappa shape index (κ1) is 18.2. The molecule has 0 bridgehead atoms. The van der Waals surface area contributed by atoms with Crippen LogP contribution >= 0.6 is 0 Å². The lowest BCUT2D eigenvalue weighted by Crippen LogP contribution is -3.19. The van der Waals surface area contributed by atoms with Gasteiger partial charge in [-0.1, -0.05) is 18.2 Å². The second kappa shape index (κ2) is 8.19. The van der Waals surface area contributed by atoms with Crippen LogP contribution in [0.25, 0.3) is 0 Å². The number of para-hydroxylation sites is 1. The van der Waals surface area contributed by atoms with E-state index in [4.69, 9.17) is 4.74 Å². The lowest BCUT2D eigenvalue weighted by molar-refractivity contribution is -0.914. The maximum atomic E-state index is 13.7. The molecule has 2 aromatic rings. The molecule has 6 heteroatoms. The van der Waals surface area contributed by atoms with Crippen molar-refractivity contribution in [3.8, 4) is 5.75 Å². The molecule has 0 spiro atoms. The van der Waals surface area contributed by atoms with Crippen molar-refractivity contribution in [2.24, 2.45) is 0 Å². The molecule has 0 aromatic heterocycles. The number of rotatable bonds is 5. The fourth-order valence-electron chi connectivity index (χ4n) is 3.28. The smallest absolute Gasteiger partial charge is 0.282 e. The SMILES string of the molecule is COc1cccc(N2CC[NH+]([C@H](C)C(=O)Nc3ccccc3F)CC2)c1. The van der Waals surface area contributed by atoms with Gasteiger partial charge in [0.05, 0.1) is 39.0 Å². The first-order valence-electron chi connectivity index (χ1n) is 8.87. The second-order valence-corrected chi connectivity index (χ2v) is 6.54. The van der Waals surface area contributed by atoms with Crippen LogP contribution in [0.1, 0.15) is 6.92 Å². The Bertz CT molecular complexity index is 760. The third-order valence-corrected chi connectivity index (χ3v) is 4.96. The Hall–Kier alpha value is -2.60. The molecule has 138 valence electrons. The summed E-state index contributed by atoms with van der Waals surface area (Å²) < 4.78 is 19.0. The maximum Gasteiger partial charge on any atom is 0.282 e. The number of hydrogen-bond donors (Lipinski definition) is 2. The van der Waals surface area contributed by atoms with Crippen molar-refractivity contribution >= 4 is 17.3 Å². The van der Waals surface area contributed by atoms with Gasteiger partial charge in [-0.15, -0.1) is 0 Å². The van der Waals surface area contributed by atoms with Crippen LogP contribution in [0.3, 0.4) is 0 Å². The van der Waals surface area contributed by atoms with E-state index in [0.717, 1.165) is 37.6 Å². The quantitative estimate of drug-likeness (QED) is 0.853. The average molecular weight is 358 g/mol. The molecular formula is C20H25FN3O2+. The number of amides is 1. The van der Waals surface area contributed by atoms with Crippen LogP contribution in [0.5, 0.6) is 5.75 Å². The van der Waals surface area contributed by atoms with E-state index in [0.29, 0.717) is 0 Å². The number of ether oxygens (including phenoxy) is 1. The van der Waals surface area contributed by atoms with E-state index >= 15 is 0 Å². The summed E-state index contributed by atoms with van der Waals surface area (Å²) in [6.45, 7) is 5.32. The summed E-state index contributed by atoms with van der Waals surface area (Å²) in [4.78, 5) is 16.0. The average Bonchev–Trinajstić information content (AvgIpc) is 2.69. The van der Waals surface area contributed by atoms with E-state index in [2.05, 4.69) is 16.3 Å². The van der Waals surface area contributed by atoms with E-state index in [9.17, 15) is 9.18 Å². The van der Waals surface area contributed by atoms with Crippen LogP contribution < -0.4 is 19.9 Å². The number of halogens is 1. The Balaban J connectivity index is 1.57. The first-order chi connectivity index (χ1) is 12.6. The summed E-state index contributed by atoms with van der Waals surface area (Å²) in [5.41, 5.74) is 1.37. The van der Waals surface area contributed by atoms with Gasteiger partial charge in [-0.3, -0.25) is 4.79 Å². The molecule has 0 aliphatic carbocycles. The largest absolute Gasteiger partial charge is 0.497 e. The van der Waals surface area contributed by atoms with Crippen LogP contribution in [-0.2, 0) is 4.79 Å². The molecule has 1 aliphatic rings. The first-order valence-corrected chi connectivity index (χ1v) is 8.87. The number of anilines is 2. The van der Waals surface area contributed by atoms with Crippen molar-refractivity contribution in [2.75, 3.05) is 43.5 Å². The van der Waals surface area contributed by atoms with Crippen LogP contribution in [0.2, 0.25) is 0 Å². The Kier molecular flexibility index (Phi) is 5.73. The van der Waals surface area contributed by atoms with E-state index in [1.807, 2.05) is 25.1 Å². The number of nitrogens with zero attached hydrogens (tertiary/aromatic N) is 1. The number of carbonyl (C=O) groups excluding carboxylic acids is 1. The zero-order valence-corrected chi connectivity index (χ0v) is 15.2. The Morgan fingerprint density at radius 1 is 1.19 bits per heavy atom. The van der Waals surface area contributed by atoms with Crippen molar-refractivity contribution in [3.63, 3.8) is 0 Å². The predicted octanol–water partition coefficient (Wildman–Crippen LogP) is 1.57. The molecule has 2 aromatic carbocycles. The van der Waals surface area contributed by atoms with Gasteiger partial charge in [0, 0.05) is 11.8 Å². The van der Waals surface area contributed by atoms with Crippen molar-refractivity contribution < 1.29 is 18.8 Å². The Labute approximate surface area is 153 Å². The monoisotopic (exact) mass is 358 g/mol. The third-order valence-electron chi connectivity index (χ3n) is 4.96. The van der Waals surface area contributed by atoms with Gasteiger partial charge in [0.1, 0.15) is 11.6 Å². The molecule has 1 saturated heterocycles. The molecule has 0 unspecified atom stereocenters. The van der Waals surface area contributed by atoms with Crippen LogP contribution in [0, 0.1) is 5.82 Å². The predicted molar refractivity (Wildman–Crippen MR) is 100 cm³/mol. The summed E-state index contributed by atoms with van der Waals surface area (Å²) >= 11 is 0. The van der Waals surface area contributed by atoms with Crippen LogP contribution in [-0.4, -0.2) is 45.2 Å². The zero-order chi connectivity index (χ0) is 18.5. The highest BCUT2D eigenvalue weighted by molar-refractivity contribution is 5.93. The van der Waals surface area contributed by atoms with E-state index in [1.165, 1.54) is 11.0 Å². The molecule has 2 N–H and O–H groups in total. The highest BCUT2D eigenvalue weighted by Crippen LogP contribution is 2.20. The van der Waals surface area contributed by atoms with Gasteiger partial charge in [-0.2, -0.15) is 0 Å². The molecule has 26 heavy (non-hydrogen) atoms. The van der Waals surface area contributed by atoms with Gasteiger partial charge < -0.3 is 19.9 Å². The third kappa shape index (κ3) is 4.14. The van der Waals surface area contributed by atoms with Crippen molar-refractivity contribution in [2.45, 2.75) is 13.0 Å². The molecule has 1 fully saturated rings. The lowest BCUT2D eigenvalue weighted by Gasteiger charge is -2.36. The number of hydrogen-bond acceptors (Lipinski definition) is 3. The minimum absolute atomic E-state index is 0.153. The fraction of sp³-hybridized carbons (Fsp3) is 0.350. The molecule has 3 rings (SSSR count). The summed E-state index contributed by atoms with van der Waals surface area (Å²) in [7, 11) is 1.66. The number of piperazine rings is 1. The summed E-state index contributed by atoms with van der Waals surface area (Å²) in [6, 6.07) is 14.0. The van der Waals surface area contributed by atoms with Gasteiger partial charge in [0.25, 0.3) is 5.91 Å². The Morgan fingerprint density at radius 3 is 2.62 bits per heavy atom. The zero-order valence-electron chi connectivity index (χ0n) is 15.2. The van der Waals surface area contributed by atoms with E-state index < -0.39 is 5.82 Å². The molecule has 1 heterocycles. The minimum atomic E-state index is -0.411. The molecule has 1 aliphatic heterocycles. The molecular weight excluding hydrogens is 333 g/mol. The van der Waals surface area contributed by atoms with Gasteiger partial charge in [-0.05, 0) is 31.2 Å². The minimum Gasteiger partial charge on any atom is -0.497 e. The number of methoxy groups -OCH3 is 1. The van der Waals surface area contributed by atoms with Crippen molar-refractivity contribution in [1.29, 1.82) is 0 Å².